The highest BCUT2D eigenvalue weighted by Crippen LogP contribution is 2.47. The summed E-state index contributed by atoms with van der Waals surface area (Å²) < 4.78 is 0. The third-order valence-electron chi connectivity index (χ3n) is 4.21. The van der Waals surface area contributed by atoms with Gasteiger partial charge in [0, 0.05) is 5.92 Å². The fourth-order valence-electron chi connectivity index (χ4n) is 3.36. The summed E-state index contributed by atoms with van der Waals surface area (Å²) in [7, 11) is 2.16. The van der Waals surface area contributed by atoms with Crippen molar-refractivity contribution in [3.05, 3.63) is 89.5 Å². The Bertz CT molecular complexity index is 744. The number of hydrogen-bond acceptors (Lipinski definition) is 0. The molecule has 0 radical (unpaired) electrons. The second kappa shape index (κ2) is 4.38. The molecule has 0 amide bonds. The third-order valence-corrected chi connectivity index (χ3v) is 4.21. The molecule has 0 aliphatic heterocycles. The minimum absolute atomic E-state index is 0.377. The van der Waals surface area contributed by atoms with Gasteiger partial charge in [-0.2, -0.15) is 0 Å². The maximum Gasteiger partial charge on any atom is 0.139 e. The highest BCUT2D eigenvalue weighted by molar-refractivity contribution is 6.32. The molecule has 1 heteroatoms. The Morgan fingerprint density at radius 3 is 1.85 bits per heavy atom. The van der Waals surface area contributed by atoms with Gasteiger partial charge >= 0.3 is 0 Å². The van der Waals surface area contributed by atoms with Crippen molar-refractivity contribution in [2.75, 3.05) is 0 Å². The maximum atomic E-state index is 2.31. The van der Waals surface area contributed by atoms with Crippen LogP contribution in [0.4, 0.5) is 0 Å². The smallest absolute Gasteiger partial charge is 0.0887 e. The molecular formula is C19H15B. The second-order valence-corrected chi connectivity index (χ2v) is 5.52. The molecule has 3 aromatic rings. The lowest BCUT2D eigenvalue weighted by Crippen LogP contribution is -2.06. The Morgan fingerprint density at radius 1 is 0.650 bits per heavy atom. The molecule has 0 aromatic heterocycles. The van der Waals surface area contributed by atoms with Crippen LogP contribution in [0.1, 0.15) is 22.6 Å². The van der Waals surface area contributed by atoms with Crippen molar-refractivity contribution in [3.63, 3.8) is 0 Å². The van der Waals surface area contributed by atoms with Crippen molar-refractivity contribution >= 4 is 13.3 Å². The van der Waals surface area contributed by atoms with E-state index >= 15 is 0 Å². The quantitative estimate of drug-likeness (QED) is 0.458. The van der Waals surface area contributed by atoms with Crippen LogP contribution in [0.3, 0.4) is 0 Å². The molecule has 3 aromatic carbocycles. The van der Waals surface area contributed by atoms with E-state index in [4.69, 9.17) is 0 Å². The summed E-state index contributed by atoms with van der Waals surface area (Å²) >= 11 is 0. The van der Waals surface area contributed by atoms with Gasteiger partial charge in [0.25, 0.3) is 0 Å². The van der Waals surface area contributed by atoms with E-state index in [9.17, 15) is 0 Å². The average Bonchev–Trinajstić information content (AvgIpc) is 2.82. The molecule has 4 rings (SSSR count). The summed E-state index contributed by atoms with van der Waals surface area (Å²) in [6, 6.07) is 26.5. The first kappa shape index (κ1) is 11.5. The molecule has 94 valence electrons. The van der Waals surface area contributed by atoms with E-state index in [1.54, 1.807) is 0 Å². The standard InChI is InChI=1S/C19H15B/c20-14-7-5-6-13(12-14)19-17-10-3-1-8-15(17)16-9-2-4-11-18(16)19/h1-12,19H,20H2. The third kappa shape index (κ3) is 1.63. The van der Waals surface area contributed by atoms with Crippen LogP contribution >= 0.6 is 0 Å². The van der Waals surface area contributed by atoms with Crippen molar-refractivity contribution in [3.8, 4) is 11.1 Å². The SMILES string of the molecule is Bc1cccc(C2c3ccccc3-c3ccccc32)c1. The van der Waals surface area contributed by atoms with Crippen LogP contribution in [0, 0.1) is 0 Å². The summed E-state index contributed by atoms with van der Waals surface area (Å²) in [6.07, 6.45) is 0. The van der Waals surface area contributed by atoms with Crippen LogP contribution in [0.25, 0.3) is 11.1 Å². The normalized spacial score (nSPS) is 13.0. The first-order chi connectivity index (χ1) is 9.84. The van der Waals surface area contributed by atoms with Gasteiger partial charge in [-0.25, -0.2) is 0 Å². The molecular weight excluding hydrogens is 239 g/mol. The number of benzene rings is 3. The summed E-state index contributed by atoms with van der Waals surface area (Å²) in [5, 5.41) is 0. The summed E-state index contributed by atoms with van der Waals surface area (Å²) in [4.78, 5) is 0. The Morgan fingerprint density at radius 2 is 1.25 bits per heavy atom. The van der Waals surface area contributed by atoms with Gasteiger partial charge in [-0.1, -0.05) is 78.3 Å². The lowest BCUT2D eigenvalue weighted by atomic mass is 9.85. The van der Waals surface area contributed by atoms with Gasteiger partial charge in [-0.15, -0.1) is 0 Å². The van der Waals surface area contributed by atoms with E-state index in [1.807, 2.05) is 0 Å². The highest BCUT2D eigenvalue weighted by atomic mass is 14.3. The molecule has 0 heterocycles. The van der Waals surface area contributed by atoms with Gasteiger partial charge in [0.1, 0.15) is 7.85 Å². The van der Waals surface area contributed by atoms with Gasteiger partial charge in [0.15, 0.2) is 0 Å². The molecule has 0 saturated carbocycles. The van der Waals surface area contributed by atoms with Crippen molar-refractivity contribution in [1.29, 1.82) is 0 Å². The summed E-state index contributed by atoms with van der Waals surface area (Å²) in [5.41, 5.74) is 8.34. The minimum atomic E-state index is 0.377. The Kier molecular flexibility index (Phi) is 2.53. The molecule has 20 heavy (non-hydrogen) atoms. The van der Waals surface area contributed by atoms with Gasteiger partial charge < -0.3 is 0 Å². The molecule has 0 N–H and O–H groups in total. The fraction of sp³-hybridized carbons (Fsp3) is 0.0526. The highest BCUT2D eigenvalue weighted by Gasteiger charge is 2.28. The van der Waals surface area contributed by atoms with Gasteiger partial charge in [-0.3, -0.25) is 0 Å². The van der Waals surface area contributed by atoms with Crippen LogP contribution in [0.15, 0.2) is 72.8 Å². The van der Waals surface area contributed by atoms with Crippen molar-refractivity contribution in [2.45, 2.75) is 5.92 Å². The average molecular weight is 254 g/mol. The van der Waals surface area contributed by atoms with Gasteiger partial charge in [0.05, 0.1) is 0 Å². The summed E-state index contributed by atoms with van der Waals surface area (Å²) in [6.45, 7) is 0. The number of rotatable bonds is 1. The Hall–Kier alpha value is -2.28. The Balaban J connectivity index is 2.00. The predicted molar refractivity (Wildman–Crippen MR) is 87.4 cm³/mol. The van der Waals surface area contributed by atoms with E-state index in [0.717, 1.165) is 0 Å². The van der Waals surface area contributed by atoms with E-state index in [-0.39, 0.29) is 0 Å². The lowest BCUT2D eigenvalue weighted by Gasteiger charge is -2.14. The molecule has 1 aliphatic carbocycles. The van der Waals surface area contributed by atoms with Gasteiger partial charge in [0.2, 0.25) is 0 Å². The number of fused-ring (bicyclic) bond motifs is 3. The Labute approximate surface area is 120 Å². The van der Waals surface area contributed by atoms with Crippen LogP contribution < -0.4 is 5.46 Å². The number of hydrogen-bond donors (Lipinski definition) is 0. The summed E-state index contributed by atoms with van der Waals surface area (Å²) in [5.74, 6) is 0.377. The van der Waals surface area contributed by atoms with E-state index < -0.39 is 0 Å². The topological polar surface area (TPSA) is 0 Å². The first-order valence-corrected chi connectivity index (χ1v) is 7.09. The monoisotopic (exact) mass is 254 g/mol. The zero-order chi connectivity index (χ0) is 13.5. The molecule has 0 bridgehead atoms. The first-order valence-electron chi connectivity index (χ1n) is 7.09. The fourth-order valence-corrected chi connectivity index (χ4v) is 3.36. The lowest BCUT2D eigenvalue weighted by molar-refractivity contribution is 1.02. The molecule has 0 saturated heterocycles. The molecule has 0 atom stereocenters. The molecule has 1 aliphatic rings. The van der Waals surface area contributed by atoms with Crippen LogP contribution in [-0.2, 0) is 0 Å². The maximum absolute atomic E-state index is 2.31. The molecule has 0 fully saturated rings. The zero-order valence-corrected chi connectivity index (χ0v) is 11.5. The predicted octanol–water partition coefficient (Wildman–Crippen LogP) is 3.11. The van der Waals surface area contributed by atoms with E-state index in [1.165, 1.54) is 33.3 Å². The van der Waals surface area contributed by atoms with Crippen LogP contribution in [0.5, 0.6) is 0 Å². The van der Waals surface area contributed by atoms with E-state index in [2.05, 4.69) is 80.6 Å². The van der Waals surface area contributed by atoms with E-state index in [0.29, 0.717) is 5.92 Å². The molecule has 0 unspecified atom stereocenters. The van der Waals surface area contributed by atoms with Crippen molar-refractivity contribution < 1.29 is 0 Å². The van der Waals surface area contributed by atoms with Crippen LogP contribution in [-0.4, -0.2) is 7.85 Å². The second-order valence-electron chi connectivity index (χ2n) is 5.52. The minimum Gasteiger partial charge on any atom is -0.0887 e. The van der Waals surface area contributed by atoms with Crippen molar-refractivity contribution in [2.24, 2.45) is 0 Å². The zero-order valence-electron chi connectivity index (χ0n) is 11.5. The molecule has 0 spiro atoms. The van der Waals surface area contributed by atoms with Crippen LogP contribution in [0.2, 0.25) is 0 Å². The largest absolute Gasteiger partial charge is 0.139 e. The van der Waals surface area contributed by atoms with Crippen molar-refractivity contribution in [1.82, 2.24) is 0 Å². The molecule has 0 nitrogen and oxygen atoms in total. The van der Waals surface area contributed by atoms with Gasteiger partial charge in [-0.05, 0) is 27.8 Å².